The molecule has 13 heteroatoms. The summed E-state index contributed by atoms with van der Waals surface area (Å²) in [6, 6.07) is 0. The molecule has 0 unspecified atom stereocenters. The molecule has 36 heavy (non-hydrogen) atoms. The Bertz CT molecular complexity index is 918. The third kappa shape index (κ3) is 6.84. The van der Waals surface area contributed by atoms with Gasteiger partial charge in [-0.3, -0.25) is 4.79 Å². The number of nitrogens with zero attached hydrogens (tertiary/aromatic N) is 1. The number of ether oxygens (including phenoxy) is 6. The quantitative estimate of drug-likeness (QED) is 0.247. The van der Waals surface area contributed by atoms with Crippen molar-refractivity contribution in [1.82, 2.24) is 10.4 Å². The first-order chi connectivity index (χ1) is 16.2. The molecule has 4 atom stereocenters. The number of cyclic esters (lactones) is 1. The molecule has 2 aliphatic heterocycles. The smallest absolute Gasteiger partial charge is 0.430 e. The van der Waals surface area contributed by atoms with E-state index < -0.39 is 77.4 Å². The predicted molar refractivity (Wildman–Crippen MR) is 121 cm³/mol. The summed E-state index contributed by atoms with van der Waals surface area (Å²) in [6.45, 7) is 14.3. The minimum atomic E-state index is -2.37. The largest absolute Gasteiger partial charge is 0.459 e. The Balaban J connectivity index is 2.28. The van der Waals surface area contributed by atoms with Crippen LogP contribution < -0.4 is 5.43 Å². The Labute approximate surface area is 210 Å². The van der Waals surface area contributed by atoms with E-state index in [-0.39, 0.29) is 0 Å². The molecule has 0 aromatic heterocycles. The van der Waals surface area contributed by atoms with Crippen LogP contribution in [0, 0.1) is 0 Å². The van der Waals surface area contributed by atoms with E-state index in [4.69, 9.17) is 28.4 Å². The first-order valence-electron chi connectivity index (χ1n) is 11.4. The van der Waals surface area contributed by atoms with Crippen molar-refractivity contribution in [3.05, 3.63) is 0 Å². The van der Waals surface area contributed by atoms with Gasteiger partial charge in [-0.15, -0.1) is 0 Å². The number of Topliss-reactive ketones (excluding diaryl/α,β-unsaturated/α-hetero) is 1. The standard InChI is InChI=1S/C23H36N2O11/c1-12(26)23(10,25(19(30)36-21(5,6)7)24-18(29)35-20(2,3)4)17(28)31-11-13-14-15(16(27)32-13)34-22(8,9)33-14/h13-15H,11H2,1-10H3,(H,24,29)/t13-,14-,15-,23+/m1/s1. The molecule has 2 heterocycles. The van der Waals surface area contributed by atoms with Crippen LogP contribution in [0.5, 0.6) is 0 Å². The SMILES string of the molecule is CC(=O)[C@@](C)(C(=O)OC[C@H]1OC(=O)[C@@H]2OC(C)(C)O[C@H]12)N(NC(=O)OC(C)(C)C)C(=O)OC(C)(C)C. The van der Waals surface area contributed by atoms with Gasteiger partial charge in [-0.1, -0.05) is 0 Å². The minimum Gasteiger partial charge on any atom is -0.459 e. The van der Waals surface area contributed by atoms with Crippen LogP contribution in [0.2, 0.25) is 0 Å². The van der Waals surface area contributed by atoms with Crippen LogP contribution in [-0.2, 0) is 42.8 Å². The van der Waals surface area contributed by atoms with Crippen LogP contribution in [0.4, 0.5) is 9.59 Å². The molecule has 0 saturated carbocycles. The minimum absolute atomic E-state index is 0.429. The van der Waals surface area contributed by atoms with E-state index in [1.54, 1.807) is 55.4 Å². The predicted octanol–water partition coefficient (Wildman–Crippen LogP) is 2.00. The molecule has 2 aliphatic rings. The lowest BCUT2D eigenvalue weighted by Gasteiger charge is -2.37. The molecule has 0 aliphatic carbocycles. The number of nitrogens with one attached hydrogen (secondary N) is 1. The Kier molecular flexibility index (Phi) is 8.02. The first-order valence-corrected chi connectivity index (χ1v) is 11.4. The molecule has 0 radical (unpaired) electrons. The fourth-order valence-electron chi connectivity index (χ4n) is 3.39. The summed E-state index contributed by atoms with van der Waals surface area (Å²) in [5, 5.41) is 0.429. The Hall–Kier alpha value is -2.93. The van der Waals surface area contributed by atoms with E-state index in [1.165, 1.54) is 0 Å². The molecular weight excluding hydrogens is 480 g/mol. The molecular formula is C23H36N2O11. The van der Waals surface area contributed by atoms with Crippen molar-refractivity contribution in [3.8, 4) is 0 Å². The number of hydrazine groups is 1. The third-order valence-corrected chi connectivity index (χ3v) is 5.08. The van der Waals surface area contributed by atoms with Crippen LogP contribution in [0.1, 0.15) is 69.2 Å². The second kappa shape index (κ2) is 9.85. The van der Waals surface area contributed by atoms with Crippen molar-refractivity contribution in [2.75, 3.05) is 6.61 Å². The molecule has 0 spiro atoms. The Morgan fingerprint density at radius 1 is 0.972 bits per heavy atom. The van der Waals surface area contributed by atoms with Crippen LogP contribution in [0.3, 0.4) is 0 Å². The van der Waals surface area contributed by atoms with Gasteiger partial charge in [0, 0.05) is 0 Å². The highest BCUT2D eigenvalue weighted by atomic mass is 16.8. The van der Waals surface area contributed by atoms with Gasteiger partial charge in [0.25, 0.3) is 0 Å². The number of ketones is 1. The van der Waals surface area contributed by atoms with E-state index >= 15 is 0 Å². The number of fused-ring (bicyclic) bond motifs is 1. The molecule has 204 valence electrons. The molecule has 2 amide bonds. The summed E-state index contributed by atoms with van der Waals surface area (Å²) in [5.74, 6) is -3.79. The Morgan fingerprint density at radius 2 is 1.53 bits per heavy atom. The second-order valence-corrected chi connectivity index (χ2v) is 11.2. The molecule has 2 rings (SSSR count). The van der Waals surface area contributed by atoms with Gasteiger partial charge in [-0.2, -0.15) is 5.01 Å². The van der Waals surface area contributed by atoms with Gasteiger partial charge < -0.3 is 28.4 Å². The lowest BCUT2D eigenvalue weighted by Crippen LogP contribution is -2.67. The zero-order valence-corrected chi connectivity index (χ0v) is 22.4. The zero-order valence-electron chi connectivity index (χ0n) is 22.4. The first kappa shape index (κ1) is 29.3. The van der Waals surface area contributed by atoms with Gasteiger partial charge in [0.15, 0.2) is 23.8 Å². The van der Waals surface area contributed by atoms with E-state index in [2.05, 4.69) is 5.43 Å². The van der Waals surface area contributed by atoms with Crippen molar-refractivity contribution in [1.29, 1.82) is 0 Å². The summed E-state index contributed by atoms with van der Waals surface area (Å²) in [4.78, 5) is 63.6. The maximum Gasteiger partial charge on any atom is 0.430 e. The monoisotopic (exact) mass is 516 g/mol. The van der Waals surface area contributed by atoms with Gasteiger partial charge >= 0.3 is 24.1 Å². The van der Waals surface area contributed by atoms with Crippen molar-refractivity contribution in [2.45, 2.75) is 110 Å². The van der Waals surface area contributed by atoms with Gasteiger partial charge in [-0.25, -0.2) is 24.6 Å². The van der Waals surface area contributed by atoms with E-state index in [1.807, 2.05) is 0 Å². The Morgan fingerprint density at radius 3 is 2.03 bits per heavy atom. The summed E-state index contributed by atoms with van der Waals surface area (Å²) in [5.41, 5.74) is -2.22. The highest BCUT2D eigenvalue weighted by Crippen LogP contribution is 2.36. The molecule has 0 aromatic carbocycles. The van der Waals surface area contributed by atoms with Crippen LogP contribution >= 0.6 is 0 Å². The second-order valence-electron chi connectivity index (χ2n) is 11.2. The topological polar surface area (TPSA) is 156 Å². The zero-order chi connectivity index (χ0) is 27.9. The maximum atomic E-state index is 13.2. The van der Waals surface area contributed by atoms with Crippen molar-refractivity contribution in [2.24, 2.45) is 0 Å². The fourth-order valence-corrected chi connectivity index (χ4v) is 3.39. The van der Waals surface area contributed by atoms with E-state index in [0.717, 1.165) is 13.8 Å². The summed E-state index contributed by atoms with van der Waals surface area (Å²) in [6.07, 6.45) is -5.16. The lowest BCUT2D eigenvalue weighted by molar-refractivity contribution is -0.192. The number of carbonyl (C=O) groups excluding carboxylic acids is 5. The number of hydrogen-bond acceptors (Lipinski definition) is 11. The van der Waals surface area contributed by atoms with Crippen molar-refractivity contribution >= 4 is 29.9 Å². The number of amides is 2. The summed E-state index contributed by atoms with van der Waals surface area (Å²) < 4.78 is 32.2. The van der Waals surface area contributed by atoms with Crippen LogP contribution in [0.15, 0.2) is 0 Å². The van der Waals surface area contributed by atoms with Crippen molar-refractivity contribution in [3.63, 3.8) is 0 Å². The van der Waals surface area contributed by atoms with Crippen molar-refractivity contribution < 1.29 is 52.4 Å². The normalized spacial score (nSPS) is 24.6. The highest BCUT2D eigenvalue weighted by molar-refractivity contribution is 6.09. The number of hydrogen-bond donors (Lipinski definition) is 1. The van der Waals surface area contributed by atoms with Crippen LogP contribution in [0.25, 0.3) is 0 Å². The number of esters is 2. The van der Waals surface area contributed by atoms with Crippen LogP contribution in [-0.4, -0.2) is 82.4 Å². The van der Waals surface area contributed by atoms with E-state index in [0.29, 0.717) is 5.01 Å². The molecule has 13 nitrogen and oxygen atoms in total. The molecule has 2 saturated heterocycles. The molecule has 0 aromatic rings. The number of rotatable bonds is 5. The lowest BCUT2D eigenvalue weighted by atomic mass is 9.97. The molecule has 0 bridgehead atoms. The highest BCUT2D eigenvalue weighted by Gasteiger charge is 2.57. The third-order valence-electron chi connectivity index (χ3n) is 5.08. The average Bonchev–Trinajstić information content (AvgIpc) is 3.14. The summed E-state index contributed by atoms with van der Waals surface area (Å²) >= 11 is 0. The molecule has 2 fully saturated rings. The average molecular weight is 517 g/mol. The number of carbonyl (C=O) groups is 5. The fraction of sp³-hybridized carbons (Fsp3) is 0.783. The maximum absolute atomic E-state index is 13.2. The van der Waals surface area contributed by atoms with E-state index in [9.17, 15) is 24.0 Å². The van der Waals surface area contributed by atoms with Gasteiger partial charge in [0.1, 0.15) is 23.9 Å². The van der Waals surface area contributed by atoms with Gasteiger partial charge in [0.2, 0.25) is 5.54 Å². The summed E-state index contributed by atoms with van der Waals surface area (Å²) in [7, 11) is 0. The molecule has 1 N–H and O–H groups in total. The van der Waals surface area contributed by atoms with Gasteiger partial charge in [0.05, 0.1) is 0 Å². The van der Waals surface area contributed by atoms with Gasteiger partial charge in [-0.05, 0) is 69.2 Å².